The van der Waals surface area contributed by atoms with Crippen LogP contribution in [0, 0.1) is 13.8 Å². The number of likely N-dealkylation sites (tertiary alicyclic amines) is 1. The smallest absolute Gasteiger partial charge is 0.257 e. The third kappa shape index (κ3) is 3.95. The molecule has 3 rings (SSSR count). The number of para-hydroxylation sites is 1. The predicted octanol–water partition coefficient (Wildman–Crippen LogP) is 4.03. The van der Waals surface area contributed by atoms with Crippen LogP contribution in [0.2, 0.25) is 0 Å². The van der Waals surface area contributed by atoms with E-state index < -0.39 is 0 Å². The van der Waals surface area contributed by atoms with Gasteiger partial charge in [0.2, 0.25) is 0 Å². The maximum atomic E-state index is 12.9. The number of aryl methyl sites for hydroxylation is 2. The van der Waals surface area contributed by atoms with Crippen molar-refractivity contribution in [2.24, 2.45) is 0 Å². The lowest BCUT2D eigenvalue weighted by Gasteiger charge is -2.34. The van der Waals surface area contributed by atoms with E-state index in [-0.39, 0.29) is 11.9 Å². The molecule has 4 heteroatoms. The second-order valence-electron chi connectivity index (χ2n) is 6.73. The molecule has 1 N–H and O–H groups in total. The average Bonchev–Trinajstić information content (AvgIpc) is 2.64. The third-order valence-corrected chi connectivity index (χ3v) is 4.92. The molecule has 2 aromatic rings. The van der Waals surface area contributed by atoms with E-state index in [4.69, 9.17) is 4.74 Å². The molecule has 1 aliphatic rings. The van der Waals surface area contributed by atoms with Crippen LogP contribution in [-0.2, 0) is 0 Å². The fourth-order valence-corrected chi connectivity index (χ4v) is 3.34. The zero-order valence-corrected chi connectivity index (χ0v) is 15.2. The average molecular weight is 338 g/mol. The molecule has 1 fully saturated rings. The summed E-state index contributed by atoms with van der Waals surface area (Å²) in [6, 6.07) is 14.1. The Labute approximate surface area is 149 Å². The summed E-state index contributed by atoms with van der Waals surface area (Å²) in [5.74, 6) is 0.681. The van der Waals surface area contributed by atoms with Gasteiger partial charge >= 0.3 is 0 Å². The molecule has 132 valence electrons. The molecule has 1 heterocycles. The largest absolute Gasteiger partial charge is 0.496 e. The first kappa shape index (κ1) is 17.3. The van der Waals surface area contributed by atoms with Crippen LogP contribution >= 0.6 is 0 Å². The van der Waals surface area contributed by atoms with E-state index in [9.17, 15) is 4.79 Å². The van der Waals surface area contributed by atoms with Gasteiger partial charge in [0.25, 0.3) is 5.91 Å². The molecule has 4 nitrogen and oxygen atoms in total. The quantitative estimate of drug-likeness (QED) is 0.915. The molecule has 1 amide bonds. The fourth-order valence-electron chi connectivity index (χ4n) is 3.34. The summed E-state index contributed by atoms with van der Waals surface area (Å²) in [6.45, 7) is 5.75. The molecule has 0 aliphatic carbocycles. The predicted molar refractivity (Wildman–Crippen MR) is 101 cm³/mol. The summed E-state index contributed by atoms with van der Waals surface area (Å²) in [4.78, 5) is 14.8. The van der Waals surface area contributed by atoms with Crippen LogP contribution in [0.15, 0.2) is 42.5 Å². The van der Waals surface area contributed by atoms with Crippen LogP contribution in [-0.4, -0.2) is 37.0 Å². The van der Waals surface area contributed by atoms with Crippen LogP contribution in [0.3, 0.4) is 0 Å². The van der Waals surface area contributed by atoms with Gasteiger partial charge in [-0.2, -0.15) is 0 Å². The molecular weight excluding hydrogens is 312 g/mol. The van der Waals surface area contributed by atoms with Crippen molar-refractivity contribution in [3.05, 3.63) is 59.2 Å². The molecule has 0 aromatic heterocycles. The van der Waals surface area contributed by atoms with E-state index in [0.717, 1.165) is 25.1 Å². The SMILES string of the molecule is COc1ccccc1C(=O)N1CCC[C@@H](Nc2ccc(C)c(C)c2)C1. The molecule has 1 aliphatic heterocycles. The summed E-state index contributed by atoms with van der Waals surface area (Å²) < 4.78 is 5.34. The number of hydrogen-bond acceptors (Lipinski definition) is 3. The first-order valence-corrected chi connectivity index (χ1v) is 8.84. The molecular formula is C21H26N2O2. The molecule has 1 atom stereocenters. The van der Waals surface area contributed by atoms with Crippen LogP contribution in [0.25, 0.3) is 0 Å². The highest BCUT2D eigenvalue weighted by Gasteiger charge is 2.26. The van der Waals surface area contributed by atoms with Crippen molar-refractivity contribution >= 4 is 11.6 Å². The zero-order valence-electron chi connectivity index (χ0n) is 15.2. The first-order chi connectivity index (χ1) is 12.1. The minimum absolute atomic E-state index is 0.0454. The number of ether oxygens (including phenoxy) is 1. The van der Waals surface area contributed by atoms with Gasteiger partial charge < -0.3 is 15.0 Å². The maximum absolute atomic E-state index is 12.9. The topological polar surface area (TPSA) is 41.6 Å². The lowest BCUT2D eigenvalue weighted by atomic mass is 10.0. The standard InChI is InChI=1S/C21H26N2O2/c1-15-10-11-17(13-16(15)2)22-18-7-6-12-23(14-18)21(24)19-8-4-5-9-20(19)25-3/h4-5,8-11,13,18,22H,6-7,12,14H2,1-3H3/t18-/m1/s1. The summed E-state index contributed by atoms with van der Waals surface area (Å²) in [7, 11) is 1.60. The number of benzene rings is 2. The molecule has 0 radical (unpaired) electrons. The van der Waals surface area contributed by atoms with Crippen LogP contribution in [0.5, 0.6) is 5.75 Å². The lowest BCUT2D eigenvalue weighted by Crippen LogP contribution is -2.45. The van der Waals surface area contributed by atoms with Crippen molar-refractivity contribution in [1.29, 1.82) is 0 Å². The van der Waals surface area contributed by atoms with Gasteiger partial charge in [-0.25, -0.2) is 0 Å². The number of carbonyl (C=O) groups is 1. The van der Waals surface area contributed by atoms with Gasteiger partial charge in [0, 0.05) is 24.8 Å². The van der Waals surface area contributed by atoms with Gasteiger partial charge in [0.1, 0.15) is 5.75 Å². The van der Waals surface area contributed by atoms with Gasteiger partial charge in [0.05, 0.1) is 12.7 Å². The number of amides is 1. The second kappa shape index (κ2) is 7.60. The summed E-state index contributed by atoms with van der Waals surface area (Å²) in [5, 5.41) is 3.59. The van der Waals surface area contributed by atoms with Gasteiger partial charge in [-0.1, -0.05) is 18.2 Å². The molecule has 0 saturated carbocycles. The van der Waals surface area contributed by atoms with E-state index in [1.807, 2.05) is 29.2 Å². The Hall–Kier alpha value is -2.49. The molecule has 0 unspecified atom stereocenters. The molecule has 25 heavy (non-hydrogen) atoms. The molecule has 0 spiro atoms. The van der Waals surface area contributed by atoms with Crippen LogP contribution < -0.4 is 10.1 Å². The highest BCUT2D eigenvalue weighted by atomic mass is 16.5. The Morgan fingerprint density at radius 3 is 2.72 bits per heavy atom. The lowest BCUT2D eigenvalue weighted by molar-refractivity contribution is 0.0711. The number of nitrogens with one attached hydrogen (secondary N) is 1. The Balaban J connectivity index is 1.70. The van der Waals surface area contributed by atoms with E-state index in [1.54, 1.807) is 7.11 Å². The second-order valence-corrected chi connectivity index (χ2v) is 6.73. The Kier molecular flexibility index (Phi) is 5.27. The summed E-state index contributed by atoms with van der Waals surface area (Å²) >= 11 is 0. The van der Waals surface area contributed by atoms with E-state index in [2.05, 4.69) is 37.4 Å². The highest BCUT2D eigenvalue weighted by molar-refractivity contribution is 5.97. The number of anilines is 1. The molecule has 1 saturated heterocycles. The van der Waals surface area contributed by atoms with Crippen molar-refractivity contribution in [3.63, 3.8) is 0 Å². The summed E-state index contributed by atoms with van der Waals surface area (Å²) in [5.41, 5.74) is 4.33. The van der Waals surface area contributed by atoms with E-state index in [0.29, 0.717) is 17.9 Å². The van der Waals surface area contributed by atoms with Gasteiger partial charge in [-0.05, 0) is 62.1 Å². The maximum Gasteiger partial charge on any atom is 0.257 e. The van der Waals surface area contributed by atoms with Crippen molar-refractivity contribution in [3.8, 4) is 5.75 Å². The number of nitrogens with zero attached hydrogens (tertiary/aromatic N) is 1. The number of piperidine rings is 1. The number of methoxy groups -OCH3 is 1. The Bertz CT molecular complexity index is 757. The van der Waals surface area contributed by atoms with Crippen molar-refractivity contribution in [2.45, 2.75) is 32.7 Å². The third-order valence-electron chi connectivity index (χ3n) is 4.92. The van der Waals surface area contributed by atoms with Crippen LogP contribution in [0.4, 0.5) is 5.69 Å². The van der Waals surface area contributed by atoms with Crippen molar-refractivity contribution in [1.82, 2.24) is 4.90 Å². The van der Waals surface area contributed by atoms with E-state index in [1.165, 1.54) is 11.1 Å². The number of rotatable bonds is 4. The van der Waals surface area contributed by atoms with Gasteiger partial charge in [0.15, 0.2) is 0 Å². The normalized spacial score (nSPS) is 17.2. The first-order valence-electron chi connectivity index (χ1n) is 8.84. The van der Waals surface area contributed by atoms with Gasteiger partial charge in [-0.3, -0.25) is 4.79 Å². The van der Waals surface area contributed by atoms with E-state index >= 15 is 0 Å². The fraction of sp³-hybridized carbons (Fsp3) is 0.381. The molecule has 2 aromatic carbocycles. The number of carbonyl (C=O) groups excluding carboxylic acids is 1. The van der Waals surface area contributed by atoms with Crippen molar-refractivity contribution < 1.29 is 9.53 Å². The minimum Gasteiger partial charge on any atom is -0.496 e. The minimum atomic E-state index is 0.0454. The van der Waals surface area contributed by atoms with Gasteiger partial charge in [-0.15, -0.1) is 0 Å². The molecule has 0 bridgehead atoms. The monoisotopic (exact) mass is 338 g/mol. The Morgan fingerprint density at radius 1 is 1.16 bits per heavy atom. The zero-order chi connectivity index (χ0) is 17.8. The Morgan fingerprint density at radius 2 is 1.96 bits per heavy atom. The van der Waals surface area contributed by atoms with Crippen molar-refractivity contribution in [2.75, 3.05) is 25.5 Å². The highest BCUT2D eigenvalue weighted by Crippen LogP contribution is 2.23. The summed E-state index contributed by atoms with van der Waals surface area (Å²) in [6.07, 6.45) is 2.08. The number of hydrogen-bond donors (Lipinski definition) is 1. The van der Waals surface area contributed by atoms with Crippen LogP contribution in [0.1, 0.15) is 34.3 Å².